The van der Waals surface area contributed by atoms with Crippen LogP contribution in [0.15, 0.2) is 67.3 Å². The first kappa shape index (κ1) is 41.8. The van der Waals surface area contributed by atoms with Crippen molar-refractivity contribution >= 4 is 29.8 Å². The molecular weight excluding hydrogens is 837 g/mol. The van der Waals surface area contributed by atoms with Gasteiger partial charge in [0.25, 0.3) is 0 Å². The molecule has 330 valence electrons. The quantitative estimate of drug-likeness (QED) is 0.0824. The first-order valence-electron chi connectivity index (χ1n) is 21.3. The lowest BCUT2D eigenvalue weighted by molar-refractivity contribution is -0.157. The molecule has 4 aromatic rings. The van der Waals surface area contributed by atoms with E-state index >= 15 is 4.79 Å². The van der Waals surface area contributed by atoms with Crippen LogP contribution in [0.3, 0.4) is 0 Å². The van der Waals surface area contributed by atoms with Gasteiger partial charge in [-0.3, -0.25) is 15.1 Å². The molecule has 0 radical (unpaired) electrons. The van der Waals surface area contributed by atoms with E-state index in [1.54, 1.807) is 18.2 Å². The number of carbonyl (C=O) groups is 2. The van der Waals surface area contributed by atoms with E-state index in [1.807, 2.05) is 56.3 Å². The van der Waals surface area contributed by atoms with Crippen LogP contribution >= 0.6 is 11.8 Å². The molecule has 0 aliphatic carbocycles. The Morgan fingerprint density at radius 1 is 1.05 bits per heavy atom. The number of carbonyl (C=O) groups excluding carboxylic acids is 2. The van der Waals surface area contributed by atoms with Gasteiger partial charge in [-0.2, -0.15) is 5.26 Å². The number of piperazine rings is 1. The lowest BCUT2D eigenvalue weighted by Gasteiger charge is -2.62. The number of hydrogen-bond acceptors (Lipinski definition) is 15. The topological polar surface area (TPSA) is 172 Å². The van der Waals surface area contributed by atoms with Crippen molar-refractivity contribution < 1.29 is 48.2 Å². The Balaban J connectivity index is 1.24. The highest BCUT2D eigenvalue weighted by Crippen LogP contribution is 2.65. The number of phenolic OH excluding ortho intramolecular Hbond substituents is 2. The fourth-order valence-corrected chi connectivity index (χ4v) is 12.8. The lowest BCUT2D eigenvalue weighted by Crippen LogP contribution is -2.70. The summed E-state index contributed by atoms with van der Waals surface area (Å²) in [6, 6.07) is 14.4. The number of ether oxygens (including phenoxy) is 6. The highest BCUT2D eigenvalue weighted by molar-refractivity contribution is 7.99. The van der Waals surface area contributed by atoms with Gasteiger partial charge in [-0.15, -0.1) is 18.3 Å². The van der Waals surface area contributed by atoms with E-state index in [0.29, 0.717) is 71.0 Å². The average molecular weight is 885 g/mol. The molecule has 15 heteroatoms. The van der Waals surface area contributed by atoms with E-state index in [-0.39, 0.29) is 48.2 Å². The number of nitrogens with one attached hydrogen (secondary N) is 1. The van der Waals surface area contributed by atoms with E-state index in [1.165, 1.54) is 32.1 Å². The van der Waals surface area contributed by atoms with E-state index in [0.717, 1.165) is 22.3 Å². The van der Waals surface area contributed by atoms with Crippen LogP contribution in [-0.4, -0.2) is 96.5 Å². The van der Waals surface area contributed by atoms with Crippen molar-refractivity contribution in [1.29, 1.82) is 5.26 Å². The molecule has 11 rings (SSSR count). The van der Waals surface area contributed by atoms with Gasteiger partial charge < -0.3 is 38.6 Å². The van der Waals surface area contributed by atoms with Gasteiger partial charge in [-0.1, -0.05) is 42.5 Å². The number of methoxy groups -OCH3 is 2. The molecule has 1 unspecified atom stereocenters. The van der Waals surface area contributed by atoms with Crippen LogP contribution in [0.2, 0.25) is 0 Å². The minimum Gasteiger partial charge on any atom is -0.504 e. The number of rotatable bonds is 7. The summed E-state index contributed by atoms with van der Waals surface area (Å²) in [5, 5.41) is 37.5. The number of thioether (sulfide) groups is 1. The van der Waals surface area contributed by atoms with Gasteiger partial charge in [0.05, 0.1) is 37.6 Å². The smallest absolute Gasteiger partial charge is 0.336 e. The molecule has 7 aliphatic heterocycles. The van der Waals surface area contributed by atoms with Crippen molar-refractivity contribution in [3.05, 3.63) is 117 Å². The highest BCUT2D eigenvalue weighted by Gasteiger charge is 2.62. The Bertz CT molecular complexity index is 2680. The van der Waals surface area contributed by atoms with Gasteiger partial charge in [0.1, 0.15) is 18.4 Å². The summed E-state index contributed by atoms with van der Waals surface area (Å²) in [6.45, 7) is 8.35. The van der Waals surface area contributed by atoms with Crippen molar-refractivity contribution in [2.45, 2.75) is 67.7 Å². The van der Waals surface area contributed by atoms with Crippen LogP contribution in [0.4, 0.5) is 0 Å². The number of nitriles is 1. The molecule has 7 heterocycles. The fourth-order valence-electron chi connectivity index (χ4n) is 11.2. The second kappa shape index (κ2) is 16.1. The minimum atomic E-state index is -1.41. The predicted molar refractivity (Wildman–Crippen MR) is 237 cm³/mol. The molecule has 0 amide bonds. The summed E-state index contributed by atoms with van der Waals surface area (Å²) in [7, 11) is 3.00. The molecule has 1 spiro atoms. The van der Waals surface area contributed by atoms with Gasteiger partial charge in [0.2, 0.25) is 6.79 Å². The standard InChI is InChI=1S/C49H48N4O10S/c1-6-16-52-31-18-29-17-25(2)43(59-5)42(56)37(29)40(52)41-47-39-38(46-45(61-24-62-46)26(3)44(39)63-36(55)13-12-27-10-8-7-9-11-27)33(53(41)32(31)21-50)22-60-48(57)49(23-64-47)30-20-35(58-4)34(54)19-28(30)14-15-51-49/h6-13,17,19-20,31-33,40-41,47,51,54,56H,1,14-16,18,22-24H2,2-5H3/b13-12+/t31-,32-,33-,40+,41?,47+,49+/m0/s1. The Morgan fingerprint density at radius 3 is 2.59 bits per heavy atom. The summed E-state index contributed by atoms with van der Waals surface area (Å²) in [5.41, 5.74) is 4.94. The number of benzene rings is 4. The van der Waals surface area contributed by atoms with Gasteiger partial charge in [-0.05, 0) is 72.7 Å². The third-order valence-electron chi connectivity index (χ3n) is 13.8. The Kier molecular flexibility index (Phi) is 10.5. The van der Waals surface area contributed by atoms with E-state index in [9.17, 15) is 20.3 Å². The van der Waals surface area contributed by atoms with Gasteiger partial charge in [-0.25, -0.2) is 9.59 Å². The van der Waals surface area contributed by atoms with Gasteiger partial charge >= 0.3 is 11.9 Å². The number of fused-ring (bicyclic) bond motifs is 9. The third kappa shape index (κ3) is 6.25. The third-order valence-corrected chi connectivity index (χ3v) is 15.2. The number of phenols is 2. The molecule has 14 nitrogen and oxygen atoms in total. The van der Waals surface area contributed by atoms with Crippen LogP contribution in [0.25, 0.3) is 6.08 Å². The van der Waals surface area contributed by atoms with Crippen LogP contribution in [-0.2, 0) is 32.7 Å². The van der Waals surface area contributed by atoms with E-state index in [2.05, 4.69) is 27.8 Å². The Morgan fingerprint density at radius 2 is 1.84 bits per heavy atom. The maximum Gasteiger partial charge on any atom is 0.336 e. The maximum atomic E-state index is 15.0. The van der Waals surface area contributed by atoms with Crippen molar-refractivity contribution in [1.82, 2.24) is 15.1 Å². The van der Waals surface area contributed by atoms with E-state index < -0.39 is 46.9 Å². The van der Waals surface area contributed by atoms with Crippen molar-refractivity contribution in [3.63, 3.8) is 0 Å². The summed E-state index contributed by atoms with van der Waals surface area (Å²) >= 11 is 1.46. The molecule has 7 atom stereocenters. The van der Waals surface area contributed by atoms with Crippen molar-refractivity contribution in [2.24, 2.45) is 0 Å². The maximum absolute atomic E-state index is 15.0. The first-order valence-corrected chi connectivity index (χ1v) is 22.4. The monoisotopic (exact) mass is 884 g/mol. The molecule has 0 aromatic heterocycles. The summed E-state index contributed by atoms with van der Waals surface area (Å²) < 4.78 is 36.9. The van der Waals surface area contributed by atoms with Gasteiger partial charge in [0, 0.05) is 59.3 Å². The van der Waals surface area contributed by atoms with Gasteiger partial charge in [0.15, 0.2) is 40.0 Å². The number of aromatic hydroxyl groups is 2. The molecule has 0 saturated carbocycles. The second-order valence-electron chi connectivity index (χ2n) is 17.0. The van der Waals surface area contributed by atoms with E-state index in [4.69, 9.17) is 28.4 Å². The molecule has 2 fully saturated rings. The Hall–Kier alpha value is -6.18. The number of esters is 2. The minimum absolute atomic E-state index is 0.0146. The van der Waals surface area contributed by atoms with Crippen LogP contribution in [0, 0.1) is 25.2 Å². The molecule has 2 saturated heterocycles. The summed E-state index contributed by atoms with van der Waals surface area (Å²) in [5.74, 6) is 0.619. The zero-order chi connectivity index (χ0) is 44.6. The predicted octanol–water partition coefficient (Wildman–Crippen LogP) is 6.24. The Labute approximate surface area is 374 Å². The fraction of sp³-hybridized carbons (Fsp3) is 0.367. The normalized spacial score (nSPS) is 26.5. The van der Waals surface area contributed by atoms with Crippen LogP contribution in [0.5, 0.6) is 40.2 Å². The molecule has 3 N–H and O–H groups in total. The average Bonchev–Trinajstić information content (AvgIpc) is 3.79. The van der Waals surface area contributed by atoms with Crippen molar-refractivity contribution in [3.8, 4) is 46.3 Å². The molecule has 4 bridgehead atoms. The second-order valence-corrected chi connectivity index (χ2v) is 18.1. The molecule has 64 heavy (non-hydrogen) atoms. The lowest BCUT2D eigenvalue weighted by atomic mass is 9.71. The zero-order valence-electron chi connectivity index (χ0n) is 35.9. The number of aryl methyl sites for hydroxylation is 1. The largest absolute Gasteiger partial charge is 0.504 e. The summed E-state index contributed by atoms with van der Waals surface area (Å²) in [6.07, 6.45) is 5.87. The first-order chi connectivity index (χ1) is 31.0. The SMILES string of the molecule is C=CCN1[C@@H]2c3c(cc(C)c(OC)c3O)C[C@H]1[C@H](C#N)N1C2[C@@H]2SC[C@]3(NCCc4cc(O)c(OC)cc43)C(=O)OC[C@H]1c1c3c(c(C)c(OC(=O)/C=C/c4ccccc4)c12)OCO3. The zero-order valence-corrected chi connectivity index (χ0v) is 36.7. The molecular formula is C49H48N4O10S. The number of hydrogen-bond donors (Lipinski definition) is 3. The number of nitrogens with zero attached hydrogens (tertiary/aromatic N) is 3. The van der Waals surface area contributed by atoms with Crippen molar-refractivity contribution in [2.75, 3.05) is 46.5 Å². The molecule has 4 aromatic carbocycles. The highest BCUT2D eigenvalue weighted by atomic mass is 32.2. The van der Waals surface area contributed by atoms with Crippen LogP contribution < -0.4 is 29.0 Å². The summed E-state index contributed by atoms with van der Waals surface area (Å²) in [4.78, 5) is 33.5. The van der Waals surface area contributed by atoms with Crippen LogP contribution in [0.1, 0.15) is 67.4 Å². The molecule has 7 aliphatic rings.